The lowest BCUT2D eigenvalue weighted by atomic mass is 9.83. The first-order valence-electron chi connectivity index (χ1n) is 10.4. The van der Waals surface area contributed by atoms with Gasteiger partial charge in [0.2, 0.25) is 0 Å². The molecule has 30 heavy (non-hydrogen) atoms. The zero-order valence-electron chi connectivity index (χ0n) is 17.5. The van der Waals surface area contributed by atoms with Gasteiger partial charge in [0, 0.05) is 36.5 Å². The van der Waals surface area contributed by atoms with E-state index in [0.717, 1.165) is 35.5 Å². The summed E-state index contributed by atoms with van der Waals surface area (Å²) in [5.74, 6) is 6.61. The summed E-state index contributed by atoms with van der Waals surface area (Å²) >= 11 is 0. The summed E-state index contributed by atoms with van der Waals surface area (Å²) in [5, 5.41) is 11.1. The van der Waals surface area contributed by atoms with Crippen molar-refractivity contribution in [2.24, 2.45) is 5.92 Å². The van der Waals surface area contributed by atoms with Crippen LogP contribution in [-0.2, 0) is 6.42 Å². The van der Waals surface area contributed by atoms with Crippen molar-refractivity contribution in [2.45, 2.75) is 25.4 Å². The highest BCUT2D eigenvalue weighted by Gasteiger charge is 2.36. The molecule has 3 aromatic rings. The average Bonchev–Trinajstić information content (AvgIpc) is 2.77. The van der Waals surface area contributed by atoms with Gasteiger partial charge < -0.3 is 10.0 Å². The van der Waals surface area contributed by atoms with Crippen LogP contribution in [0.1, 0.15) is 30.2 Å². The molecule has 0 saturated carbocycles. The summed E-state index contributed by atoms with van der Waals surface area (Å²) in [6, 6.07) is 18.2. The summed E-state index contributed by atoms with van der Waals surface area (Å²) in [6.45, 7) is 3.64. The molecule has 2 aromatic heterocycles. The standard InChI is InChI=1S/C26H27N3O/c1-20-13-17-29(2)19-26(20,30)14-10-22-8-9-24(23-11-15-27-16-12-23)28-25(22)18-21-6-4-3-5-7-21/h3-9,11-12,15-16,20,30H,13,17-19H2,1-2H3. The van der Waals surface area contributed by atoms with Gasteiger partial charge in [-0.15, -0.1) is 0 Å². The molecule has 0 radical (unpaired) electrons. The van der Waals surface area contributed by atoms with E-state index in [4.69, 9.17) is 4.98 Å². The van der Waals surface area contributed by atoms with E-state index in [9.17, 15) is 5.11 Å². The van der Waals surface area contributed by atoms with E-state index in [1.807, 2.05) is 49.5 Å². The van der Waals surface area contributed by atoms with Gasteiger partial charge in [0.05, 0.1) is 11.4 Å². The van der Waals surface area contributed by atoms with Crippen molar-refractivity contribution >= 4 is 0 Å². The monoisotopic (exact) mass is 397 g/mol. The molecule has 3 heterocycles. The Morgan fingerprint density at radius 1 is 1.10 bits per heavy atom. The summed E-state index contributed by atoms with van der Waals surface area (Å²) in [4.78, 5) is 11.2. The third kappa shape index (κ3) is 4.59. The number of rotatable bonds is 3. The van der Waals surface area contributed by atoms with Crippen LogP contribution in [0.4, 0.5) is 0 Å². The number of pyridine rings is 2. The second kappa shape index (κ2) is 8.79. The molecule has 1 aliphatic heterocycles. The molecule has 0 amide bonds. The van der Waals surface area contributed by atoms with E-state index in [2.05, 4.69) is 40.8 Å². The summed E-state index contributed by atoms with van der Waals surface area (Å²) < 4.78 is 0. The van der Waals surface area contributed by atoms with Gasteiger partial charge in [-0.25, -0.2) is 0 Å². The van der Waals surface area contributed by atoms with Crippen LogP contribution < -0.4 is 0 Å². The van der Waals surface area contributed by atoms with Gasteiger partial charge in [0.1, 0.15) is 5.60 Å². The number of β-amino-alcohol motifs (C(OH)–C–C–N with tert-alkyl or cyclic N) is 1. The largest absolute Gasteiger partial charge is 0.376 e. The number of nitrogens with zero attached hydrogens (tertiary/aromatic N) is 3. The lowest BCUT2D eigenvalue weighted by Crippen LogP contribution is -2.50. The molecule has 0 aliphatic carbocycles. The van der Waals surface area contributed by atoms with Crippen molar-refractivity contribution in [3.8, 4) is 23.1 Å². The number of hydrogen-bond donors (Lipinski definition) is 1. The summed E-state index contributed by atoms with van der Waals surface area (Å²) in [5.41, 5.74) is 3.90. The number of aromatic nitrogens is 2. The first-order chi connectivity index (χ1) is 14.5. The molecule has 1 aromatic carbocycles. The maximum atomic E-state index is 11.1. The van der Waals surface area contributed by atoms with E-state index in [1.165, 1.54) is 5.56 Å². The number of likely N-dealkylation sites (tertiary alicyclic amines) is 1. The number of aliphatic hydroxyl groups is 1. The quantitative estimate of drug-likeness (QED) is 0.683. The van der Waals surface area contributed by atoms with Crippen molar-refractivity contribution in [3.05, 3.63) is 83.8 Å². The van der Waals surface area contributed by atoms with Crippen LogP contribution in [0.5, 0.6) is 0 Å². The molecular formula is C26H27N3O. The fraction of sp³-hybridized carbons (Fsp3) is 0.308. The molecule has 152 valence electrons. The summed E-state index contributed by atoms with van der Waals surface area (Å²) in [7, 11) is 2.03. The van der Waals surface area contributed by atoms with Gasteiger partial charge in [-0.2, -0.15) is 0 Å². The number of piperidine rings is 1. The zero-order chi connectivity index (χ0) is 21.0. The predicted octanol–water partition coefficient (Wildman–Crippen LogP) is 3.79. The molecule has 2 atom stereocenters. The van der Waals surface area contributed by atoms with Crippen LogP contribution in [-0.4, -0.2) is 45.7 Å². The molecule has 1 N–H and O–H groups in total. The van der Waals surface area contributed by atoms with E-state index in [1.54, 1.807) is 12.4 Å². The Hall–Kier alpha value is -3.00. The second-order valence-electron chi connectivity index (χ2n) is 8.19. The zero-order valence-corrected chi connectivity index (χ0v) is 17.5. The van der Waals surface area contributed by atoms with Crippen LogP contribution in [0.15, 0.2) is 67.0 Å². The first kappa shape index (κ1) is 20.3. The predicted molar refractivity (Wildman–Crippen MR) is 120 cm³/mol. The molecule has 2 unspecified atom stereocenters. The summed E-state index contributed by atoms with van der Waals surface area (Å²) in [6.07, 6.45) is 5.19. The smallest absolute Gasteiger partial charge is 0.140 e. The fourth-order valence-electron chi connectivity index (χ4n) is 3.86. The number of hydrogen-bond acceptors (Lipinski definition) is 4. The lowest BCUT2D eigenvalue weighted by molar-refractivity contribution is -0.0173. The van der Waals surface area contributed by atoms with E-state index < -0.39 is 5.60 Å². The fourth-order valence-corrected chi connectivity index (χ4v) is 3.86. The van der Waals surface area contributed by atoms with E-state index in [-0.39, 0.29) is 5.92 Å². The van der Waals surface area contributed by atoms with Crippen molar-refractivity contribution in [3.63, 3.8) is 0 Å². The van der Waals surface area contributed by atoms with Gasteiger partial charge in [-0.1, -0.05) is 49.1 Å². The molecule has 0 bridgehead atoms. The molecule has 1 aliphatic rings. The minimum Gasteiger partial charge on any atom is -0.376 e. The second-order valence-corrected chi connectivity index (χ2v) is 8.19. The Morgan fingerprint density at radius 2 is 1.87 bits per heavy atom. The van der Waals surface area contributed by atoms with Gasteiger partial charge >= 0.3 is 0 Å². The molecule has 0 spiro atoms. The van der Waals surface area contributed by atoms with Crippen LogP contribution in [0.2, 0.25) is 0 Å². The van der Waals surface area contributed by atoms with Crippen molar-refractivity contribution < 1.29 is 5.11 Å². The number of likely N-dealkylation sites (N-methyl/N-ethyl adjacent to an activating group) is 1. The van der Waals surface area contributed by atoms with Crippen molar-refractivity contribution in [2.75, 3.05) is 20.1 Å². The highest BCUT2D eigenvalue weighted by atomic mass is 16.3. The SMILES string of the molecule is CC1CCN(C)CC1(O)C#Cc1ccc(-c2ccncc2)nc1Cc1ccccc1. The molecule has 1 saturated heterocycles. The maximum Gasteiger partial charge on any atom is 0.140 e. The molecule has 4 rings (SSSR count). The van der Waals surface area contributed by atoms with Gasteiger partial charge in [0.15, 0.2) is 0 Å². The third-order valence-electron chi connectivity index (χ3n) is 5.85. The first-order valence-corrected chi connectivity index (χ1v) is 10.4. The van der Waals surface area contributed by atoms with Gasteiger partial charge in [0.25, 0.3) is 0 Å². The van der Waals surface area contributed by atoms with Gasteiger partial charge in [-0.3, -0.25) is 9.97 Å². The van der Waals surface area contributed by atoms with E-state index >= 15 is 0 Å². The highest BCUT2D eigenvalue weighted by molar-refractivity contribution is 5.60. The van der Waals surface area contributed by atoms with Gasteiger partial charge in [-0.05, 0) is 55.8 Å². The van der Waals surface area contributed by atoms with Crippen LogP contribution in [0.25, 0.3) is 11.3 Å². The van der Waals surface area contributed by atoms with Crippen LogP contribution in [0.3, 0.4) is 0 Å². The maximum absolute atomic E-state index is 11.1. The van der Waals surface area contributed by atoms with Crippen LogP contribution >= 0.6 is 0 Å². The topological polar surface area (TPSA) is 49.2 Å². The molecular weight excluding hydrogens is 370 g/mol. The van der Waals surface area contributed by atoms with Crippen molar-refractivity contribution in [1.82, 2.24) is 14.9 Å². The normalized spacial score (nSPS) is 21.6. The Kier molecular flexibility index (Phi) is 5.94. The Labute approximate surface area is 178 Å². The minimum absolute atomic E-state index is 0.142. The van der Waals surface area contributed by atoms with E-state index in [0.29, 0.717) is 13.0 Å². The average molecular weight is 398 g/mol. The molecule has 4 heteroatoms. The van der Waals surface area contributed by atoms with Crippen LogP contribution in [0, 0.1) is 17.8 Å². The Morgan fingerprint density at radius 3 is 2.63 bits per heavy atom. The lowest BCUT2D eigenvalue weighted by Gasteiger charge is -2.38. The van der Waals surface area contributed by atoms with Crippen molar-refractivity contribution in [1.29, 1.82) is 0 Å². The number of benzene rings is 1. The highest BCUT2D eigenvalue weighted by Crippen LogP contribution is 2.27. The third-order valence-corrected chi connectivity index (χ3v) is 5.85. The minimum atomic E-state index is -0.999. The Bertz CT molecular complexity index is 1060. The molecule has 4 nitrogen and oxygen atoms in total. The molecule has 1 fully saturated rings. The Balaban J connectivity index is 1.72.